The third-order valence-corrected chi connectivity index (χ3v) is 6.36. The third kappa shape index (κ3) is 10.8. The minimum Gasteiger partial charge on any atom is -0.475 e. The molecule has 4 aromatic rings. The lowest BCUT2D eigenvalue weighted by Gasteiger charge is -2.19. The lowest BCUT2D eigenvalue weighted by atomic mass is 10.0. The highest BCUT2D eigenvalue weighted by Gasteiger charge is 2.38. The predicted molar refractivity (Wildman–Crippen MR) is 168 cm³/mol. The minimum atomic E-state index is -5.08. The van der Waals surface area contributed by atoms with Gasteiger partial charge in [0.2, 0.25) is 0 Å². The van der Waals surface area contributed by atoms with Crippen molar-refractivity contribution in [3.63, 3.8) is 0 Å². The fourth-order valence-corrected chi connectivity index (χ4v) is 3.95. The van der Waals surface area contributed by atoms with Gasteiger partial charge < -0.3 is 32.1 Å². The zero-order valence-corrected chi connectivity index (χ0v) is 24.8. The Balaban J connectivity index is 0.000000804. The number of carbonyl (C=O) groups is 3. The molecule has 16 heteroatoms. The molecule has 0 bridgehead atoms. The van der Waals surface area contributed by atoms with Crippen molar-refractivity contribution < 1.29 is 45.8 Å². The van der Waals surface area contributed by atoms with Gasteiger partial charge in [0.1, 0.15) is 5.84 Å². The van der Waals surface area contributed by atoms with E-state index < -0.39 is 35.8 Å². The molecule has 0 spiro atoms. The maximum atomic E-state index is 13.0. The average molecular weight is 675 g/mol. The summed E-state index contributed by atoms with van der Waals surface area (Å²) in [6.45, 7) is 1.91. The second-order valence-corrected chi connectivity index (χ2v) is 9.94. The van der Waals surface area contributed by atoms with Gasteiger partial charge in [-0.1, -0.05) is 30.3 Å². The lowest BCUT2D eigenvalue weighted by molar-refractivity contribution is -0.192. The number of hydrogen-bond donors (Lipinski definition) is 7. The van der Waals surface area contributed by atoms with E-state index in [1.807, 2.05) is 19.1 Å². The fraction of sp³-hybridized carbons (Fsp3) is 0.125. The van der Waals surface area contributed by atoms with Crippen LogP contribution in [0.2, 0.25) is 0 Å². The van der Waals surface area contributed by atoms with Gasteiger partial charge in [-0.3, -0.25) is 10.2 Å². The summed E-state index contributed by atoms with van der Waals surface area (Å²) in [5, 5.41) is 26.0. The number of aliphatic carboxylic acids is 1. The maximum Gasteiger partial charge on any atom is 0.490 e. The molecule has 0 aromatic heterocycles. The van der Waals surface area contributed by atoms with Crippen molar-refractivity contribution in [2.45, 2.75) is 25.3 Å². The number of benzene rings is 4. The second kappa shape index (κ2) is 15.5. The summed E-state index contributed by atoms with van der Waals surface area (Å²) < 4.78 is 70.6. The zero-order valence-electron chi connectivity index (χ0n) is 24.8. The van der Waals surface area contributed by atoms with Crippen LogP contribution in [0.15, 0.2) is 97.1 Å². The van der Waals surface area contributed by atoms with Crippen molar-refractivity contribution in [2.24, 2.45) is 5.73 Å². The van der Waals surface area contributed by atoms with Crippen LogP contribution in [0.25, 0.3) is 0 Å². The molecule has 0 aliphatic rings. The number of rotatable bonds is 8. The summed E-state index contributed by atoms with van der Waals surface area (Å²) in [6, 6.07) is 24.1. The number of nitrogens with one attached hydrogen (secondary N) is 5. The van der Waals surface area contributed by atoms with E-state index in [2.05, 4.69) is 21.3 Å². The Morgan fingerprint density at radius 1 is 0.729 bits per heavy atom. The topological polar surface area (TPSA) is 169 Å². The molecule has 10 nitrogen and oxygen atoms in total. The molecular formula is C32H28F6N6O4. The molecule has 252 valence electrons. The predicted octanol–water partition coefficient (Wildman–Crippen LogP) is 7.69. The van der Waals surface area contributed by atoms with Gasteiger partial charge in [0.25, 0.3) is 5.91 Å². The Hall–Kier alpha value is -6.06. The first-order valence-electron chi connectivity index (χ1n) is 13.7. The molecular weight excluding hydrogens is 646 g/mol. The van der Waals surface area contributed by atoms with Crippen molar-refractivity contribution in [1.82, 2.24) is 0 Å². The SMILES string of the molecule is CC(Nc1ccccc1NC(=O)Nc1ccc(C(=N)N)cc1)c1ccc(C(=O)Nc2cccc(C(F)(F)F)c2)cc1.O=C(O)C(F)(F)F. The smallest absolute Gasteiger partial charge is 0.475 e. The number of nitrogen functional groups attached to an aromatic ring is 1. The summed E-state index contributed by atoms with van der Waals surface area (Å²) in [6.07, 6.45) is -9.59. The van der Waals surface area contributed by atoms with Crippen LogP contribution in [-0.2, 0) is 11.0 Å². The Morgan fingerprint density at radius 3 is 1.83 bits per heavy atom. The van der Waals surface area contributed by atoms with Crippen LogP contribution in [0, 0.1) is 5.41 Å². The molecule has 3 amide bonds. The van der Waals surface area contributed by atoms with Crippen LogP contribution >= 0.6 is 0 Å². The number of nitrogens with two attached hydrogens (primary N) is 1. The van der Waals surface area contributed by atoms with E-state index in [9.17, 15) is 35.9 Å². The average Bonchev–Trinajstić information content (AvgIpc) is 3.02. The number of amidine groups is 1. The Labute approximate surface area is 269 Å². The molecule has 4 aromatic carbocycles. The number of urea groups is 1. The van der Waals surface area contributed by atoms with E-state index in [0.29, 0.717) is 22.6 Å². The van der Waals surface area contributed by atoms with Crippen molar-refractivity contribution in [3.05, 3.63) is 119 Å². The van der Waals surface area contributed by atoms with Crippen LogP contribution in [0.3, 0.4) is 0 Å². The number of carbonyl (C=O) groups excluding carboxylic acids is 2. The summed E-state index contributed by atoms with van der Waals surface area (Å²) >= 11 is 0. The fourth-order valence-electron chi connectivity index (χ4n) is 3.95. The van der Waals surface area contributed by atoms with E-state index in [1.54, 1.807) is 60.7 Å². The molecule has 0 saturated heterocycles. The minimum absolute atomic E-state index is 0.0464. The highest BCUT2D eigenvalue weighted by Crippen LogP contribution is 2.31. The molecule has 0 heterocycles. The van der Waals surface area contributed by atoms with Gasteiger partial charge in [-0.25, -0.2) is 9.59 Å². The molecule has 8 N–H and O–H groups in total. The first kappa shape index (κ1) is 36.4. The second-order valence-electron chi connectivity index (χ2n) is 9.94. The van der Waals surface area contributed by atoms with Gasteiger partial charge in [-0.15, -0.1) is 0 Å². The van der Waals surface area contributed by atoms with Gasteiger partial charge in [0, 0.05) is 28.5 Å². The van der Waals surface area contributed by atoms with Gasteiger partial charge in [-0.05, 0) is 79.2 Å². The zero-order chi connectivity index (χ0) is 35.6. The monoisotopic (exact) mass is 674 g/mol. The van der Waals surface area contributed by atoms with Gasteiger partial charge >= 0.3 is 24.4 Å². The first-order valence-corrected chi connectivity index (χ1v) is 13.7. The number of para-hydroxylation sites is 2. The van der Waals surface area contributed by atoms with Crippen molar-refractivity contribution >= 4 is 46.5 Å². The molecule has 0 radical (unpaired) electrons. The van der Waals surface area contributed by atoms with Crippen LogP contribution in [0.1, 0.15) is 40.0 Å². The molecule has 1 atom stereocenters. The molecule has 0 fully saturated rings. The van der Waals surface area contributed by atoms with Crippen LogP contribution in [-0.4, -0.2) is 35.0 Å². The Bertz CT molecular complexity index is 1760. The Kier molecular flexibility index (Phi) is 11.7. The Morgan fingerprint density at radius 2 is 1.29 bits per heavy atom. The summed E-state index contributed by atoms with van der Waals surface area (Å²) in [5.74, 6) is -3.36. The highest BCUT2D eigenvalue weighted by atomic mass is 19.4. The summed E-state index contributed by atoms with van der Waals surface area (Å²) in [4.78, 5) is 34.1. The standard InChI is InChI=1S/C30H27F3N6O2.C2HF3O2/c1-18(19-9-11-21(12-10-19)28(40)37-24-6-4-5-22(17-24)30(31,32)33)36-25-7-2-3-8-26(25)39-29(41)38-23-15-13-20(14-16-23)27(34)35;3-2(4,5)1(6)7/h2-18,36H,1H3,(H3,34,35)(H,37,40)(H2,38,39,41);(H,6,7). The number of amides is 3. The van der Waals surface area contributed by atoms with E-state index in [-0.39, 0.29) is 23.1 Å². The van der Waals surface area contributed by atoms with Crippen molar-refractivity contribution in [1.29, 1.82) is 5.41 Å². The third-order valence-electron chi connectivity index (χ3n) is 6.36. The number of anilines is 4. The van der Waals surface area contributed by atoms with Gasteiger partial charge in [-0.2, -0.15) is 26.3 Å². The summed E-state index contributed by atoms with van der Waals surface area (Å²) in [7, 11) is 0. The molecule has 0 aliphatic carbocycles. The van der Waals surface area contributed by atoms with E-state index >= 15 is 0 Å². The van der Waals surface area contributed by atoms with Gasteiger partial charge in [0.15, 0.2) is 0 Å². The summed E-state index contributed by atoms with van der Waals surface area (Å²) in [5.41, 5.74) is 8.06. The molecule has 4 rings (SSSR count). The van der Waals surface area contributed by atoms with E-state index in [0.717, 1.165) is 17.7 Å². The molecule has 0 saturated carbocycles. The van der Waals surface area contributed by atoms with Crippen molar-refractivity contribution in [2.75, 3.05) is 21.3 Å². The maximum absolute atomic E-state index is 13.0. The lowest BCUT2D eigenvalue weighted by Crippen LogP contribution is -2.21. The number of halogens is 6. The van der Waals surface area contributed by atoms with E-state index in [1.165, 1.54) is 12.1 Å². The molecule has 1 unspecified atom stereocenters. The molecule has 48 heavy (non-hydrogen) atoms. The van der Waals surface area contributed by atoms with Crippen LogP contribution < -0.4 is 27.0 Å². The molecule has 0 aliphatic heterocycles. The van der Waals surface area contributed by atoms with Crippen molar-refractivity contribution in [3.8, 4) is 0 Å². The number of alkyl halides is 6. The van der Waals surface area contributed by atoms with Gasteiger partial charge in [0.05, 0.1) is 16.9 Å². The first-order chi connectivity index (χ1) is 22.4. The number of carboxylic acids is 1. The highest BCUT2D eigenvalue weighted by molar-refractivity contribution is 6.04. The van der Waals surface area contributed by atoms with E-state index in [4.69, 9.17) is 21.0 Å². The largest absolute Gasteiger partial charge is 0.490 e. The number of hydrogen-bond acceptors (Lipinski definition) is 5. The van der Waals surface area contributed by atoms with Crippen LogP contribution in [0.4, 0.5) is 53.9 Å². The quantitative estimate of drug-likeness (QED) is 0.0574. The number of carboxylic acid groups (broad SMARTS) is 1. The van der Waals surface area contributed by atoms with Crippen LogP contribution in [0.5, 0.6) is 0 Å². The normalized spacial score (nSPS) is 11.6.